The molecule has 0 spiro atoms. The SMILES string of the molecule is CN(C)CCCN(C(=O)c1ccccc1NS(=O)(=O)c1ccc(F)cc1)c1nc2ccccc2s1.Cl. The van der Waals surface area contributed by atoms with Crippen molar-refractivity contribution in [1.82, 2.24) is 9.88 Å². The van der Waals surface area contributed by atoms with Gasteiger partial charge in [0.2, 0.25) is 0 Å². The van der Waals surface area contributed by atoms with Gasteiger partial charge in [0.25, 0.3) is 15.9 Å². The summed E-state index contributed by atoms with van der Waals surface area (Å²) < 4.78 is 42.6. The van der Waals surface area contributed by atoms with Crippen LogP contribution in [-0.4, -0.2) is 51.4 Å². The van der Waals surface area contributed by atoms with E-state index in [2.05, 4.69) is 9.71 Å². The molecule has 4 rings (SSSR count). The Hall–Kier alpha value is -3.05. The molecule has 0 radical (unpaired) electrons. The number of nitrogens with one attached hydrogen (secondary N) is 1. The number of carbonyl (C=O) groups is 1. The van der Waals surface area contributed by atoms with Crippen LogP contribution in [0.5, 0.6) is 0 Å². The van der Waals surface area contributed by atoms with Crippen molar-refractivity contribution in [2.24, 2.45) is 0 Å². The zero-order chi connectivity index (χ0) is 25.0. The molecule has 190 valence electrons. The number of nitrogens with zero attached hydrogens (tertiary/aromatic N) is 3. The topological polar surface area (TPSA) is 82.6 Å². The molecule has 36 heavy (non-hydrogen) atoms. The van der Waals surface area contributed by atoms with Gasteiger partial charge in [-0.15, -0.1) is 12.4 Å². The van der Waals surface area contributed by atoms with Gasteiger partial charge < -0.3 is 4.90 Å². The lowest BCUT2D eigenvalue weighted by Crippen LogP contribution is -2.34. The molecule has 7 nitrogen and oxygen atoms in total. The molecule has 0 atom stereocenters. The number of benzene rings is 3. The molecule has 1 amide bonds. The maximum Gasteiger partial charge on any atom is 0.262 e. The summed E-state index contributed by atoms with van der Waals surface area (Å²) in [6.45, 7) is 1.18. The lowest BCUT2D eigenvalue weighted by atomic mass is 10.1. The molecule has 0 bridgehead atoms. The fourth-order valence-electron chi connectivity index (χ4n) is 3.53. The van der Waals surface area contributed by atoms with E-state index in [1.807, 2.05) is 43.3 Å². The van der Waals surface area contributed by atoms with Gasteiger partial charge in [0.05, 0.1) is 26.4 Å². The lowest BCUT2D eigenvalue weighted by molar-refractivity contribution is 0.0987. The molecule has 4 aromatic rings. The second-order valence-corrected chi connectivity index (χ2v) is 10.9. The highest BCUT2D eigenvalue weighted by atomic mass is 35.5. The summed E-state index contributed by atoms with van der Waals surface area (Å²) in [5.41, 5.74) is 1.13. The second-order valence-electron chi connectivity index (χ2n) is 8.18. The summed E-state index contributed by atoms with van der Waals surface area (Å²) in [6.07, 6.45) is 0.706. The fraction of sp³-hybridized carbons (Fsp3) is 0.200. The van der Waals surface area contributed by atoms with Gasteiger partial charge >= 0.3 is 0 Å². The Morgan fingerprint density at radius 2 is 1.64 bits per heavy atom. The zero-order valence-corrected chi connectivity index (χ0v) is 22.2. The third kappa shape index (κ3) is 6.38. The van der Waals surface area contributed by atoms with Gasteiger partial charge in [-0.2, -0.15) is 0 Å². The van der Waals surface area contributed by atoms with Gasteiger partial charge in [0.15, 0.2) is 5.13 Å². The Labute approximate surface area is 220 Å². The molecule has 0 saturated carbocycles. The Bertz CT molecular complexity index is 1410. The van der Waals surface area contributed by atoms with Crippen molar-refractivity contribution < 1.29 is 17.6 Å². The van der Waals surface area contributed by atoms with Crippen molar-refractivity contribution >= 4 is 60.7 Å². The summed E-state index contributed by atoms with van der Waals surface area (Å²) in [5.74, 6) is -0.899. The van der Waals surface area contributed by atoms with Crippen molar-refractivity contribution in [2.45, 2.75) is 11.3 Å². The average Bonchev–Trinajstić information content (AvgIpc) is 3.25. The zero-order valence-electron chi connectivity index (χ0n) is 19.7. The minimum absolute atomic E-state index is 0. The number of rotatable bonds is 9. The van der Waals surface area contributed by atoms with Crippen molar-refractivity contribution in [2.75, 3.05) is 36.8 Å². The summed E-state index contributed by atoms with van der Waals surface area (Å²) in [5, 5.41) is 0.547. The summed E-state index contributed by atoms with van der Waals surface area (Å²) >= 11 is 1.41. The van der Waals surface area contributed by atoms with Crippen LogP contribution < -0.4 is 9.62 Å². The van der Waals surface area contributed by atoms with Crippen LogP contribution in [0.1, 0.15) is 16.8 Å². The van der Waals surface area contributed by atoms with Gasteiger partial charge in [-0.05, 0) is 75.6 Å². The number of hydrogen-bond donors (Lipinski definition) is 1. The Morgan fingerprint density at radius 1 is 0.972 bits per heavy atom. The number of carbonyl (C=O) groups excluding carboxylic acids is 1. The van der Waals surface area contributed by atoms with Gasteiger partial charge in [0.1, 0.15) is 5.82 Å². The molecule has 0 fully saturated rings. The van der Waals surface area contributed by atoms with E-state index >= 15 is 0 Å². The predicted octanol–water partition coefficient (Wildman–Crippen LogP) is 5.26. The first kappa shape index (κ1) is 27.5. The monoisotopic (exact) mass is 548 g/mol. The van der Waals surface area contributed by atoms with Gasteiger partial charge in [0, 0.05) is 6.54 Å². The molecule has 1 aromatic heterocycles. The number of aromatic nitrogens is 1. The number of amides is 1. The molecular formula is C25H26ClFN4O3S2. The molecule has 0 aliphatic carbocycles. The molecular weight excluding hydrogens is 523 g/mol. The molecule has 1 N–H and O–H groups in total. The van der Waals surface area contributed by atoms with Gasteiger partial charge in [-0.3, -0.25) is 14.4 Å². The maximum absolute atomic E-state index is 13.8. The van der Waals surface area contributed by atoms with Crippen molar-refractivity contribution in [3.63, 3.8) is 0 Å². The van der Waals surface area contributed by atoms with E-state index in [0.29, 0.717) is 18.1 Å². The van der Waals surface area contributed by atoms with Crippen LogP contribution in [0.25, 0.3) is 10.2 Å². The normalized spacial score (nSPS) is 11.3. The van der Waals surface area contributed by atoms with Crippen LogP contribution in [-0.2, 0) is 10.0 Å². The second kappa shape index (κ2) is 11.8. The highest BCUT2D eigenvalue weighted by molar-refractivity contribution is 7.92. The first-order chi connectivity index (χ1) is 16.7. The molecule has 0 saturated heterocycles. The van der Waals surface area contributed by atoms with Gasteiger partial charge in [-0.1, -0.05) is 35.6 Å². The minimum Gasteiger partial charge on any atom is -0.309 e. The molecule has 0 aliphatic rings. The Balaban J connectivity index is 0.00000361. The van der Waals surface area contributed by atoms with E-state index < -0.39 is 15.8 Å². The number of anilines is 2. The standard InChI is InChI=1S/C25H25FN4O3S2.ClH/c1-29(2)16-7-17-30(25-27-22-10-5-6-11-23(22)34-25)24(31)20-8-3-4-9-21(20)28-35(32,33)19-14-12-18(26)13-15-19;/h3-6,8-15,28H,7,16-17H2,1-2H3;1H. The Morgan fingerprint density at radius 3 is 2.33 bits per heavy atom. The predicted molar refractivity (Wildman–Crippen MR) is 145 cm³/mol. The van der Waals surface area contributed by atoms with Crippen LogP contribution >= 0.6 is 23.7 Å². The molecule has 3 aromatic carbocycles. The largest absolute Gasteiger partial charge is 0.309 e. The molecule has 11 heteroatoms. The maximum atomic E-state index is 13.8. The molecule has 0 unspecified atom stereocenters. The van der Waals surface area contributed by atoms with Crippen LogP contribution in [0.4, 0.5) is 15.2 Å². The minimum atomic E-state index is -4.03. The number of halogens is 2. The van der Waals surface area contributed by atoms with Gasteiger partial charge in [-0.25, -0.2) is 17.8 Å². The highest BCUT2D eigenvalue weighted by Gasteiger charge is 2.25. The van der Waals surface area contributed by atoms with Crippen molar-refractivity contribution in [1.29, 1.82) is 0 Å². The average molecular weight is 549 g/mol. The summed E-state index contributed by atoms with van der Waals surface area (Å²) in [7, 11) is -0.109. The van der Waals surface area contributed by atoms with E-state index in [1.54, 1.807) is 23.1 Å². The summed E-state index contributed by atoms with van der Waals surface area (Å²) in [4.78, 5) is 22.0. The number of fused-ring (bicyclic) bond motifs is 1. The quantitative estimate of drug-likeness (QED) is 0.309. The van der Waals surface area contributed by atoms with Crippen LogP contribution in [0, 0.1) is 5.82 Å². The highest BCUT2D eigenvalue weighted by Crippen LogP contribution is 2.31. The third-order valence-electron chi connectivity index (χ3n) is 5.27. The first-order valence-electron chi connectivity index (χ1n) is 10.9. The van der Waals surface area contributed by atoms with E-state index in [4.69, 9.17) is 0 Å². The Kier molecular flexibility index (Phi) is 9.02. The van der Waals surface area contributed by atoms with E-state index in [-0.39, 0.29) is 34.5 Å². The van der Waals surface area contributed by atoms with Crippen LogP contribution in [0.15, 0.2) is 77.7 Å². The van der Waals surface area contributed by atoms with Crippen LogP contribution in [0.3, 0.4) is 0 Å². The summed E-state index contributed by atoms with van der Waals surface area (Å²) in [6, 6.07) is 18.6. The van der Waals surface area contributed by atoms with Crippen LogP contribution in [0.2, 0.25) is 0 Å². The van der Waals surface area contributed by atoms with E-state index in [0.717, 1.165) is 28.9 Å². The lowest BCUT2D eigenvalue weighted by Gasteiger charge is -2.22. The fourth-order valence-corrected chi connectivity index (χ4v) is 5.60. The molecule has 0 aliphatic heterocycles. The smallest absolute Gasteiger partial charge is 0.262 e. The number of thiazole rings is 1. The first-order valence-corrected chi connectivity index (χ1v) is 13.2. The van der Waals surface area contributed by atoms with E-state index in [1.165, 1.54) is 29.5 Å². The van der Waals surface area contributed by atoms with E-state index in [9.17, 15) is 17.6 Å². The van der Waals surface area contributed by atoms with Crippen molar-refractivity contribution in [3.05, 3.63) is 84.2 Å². The molecule has 1 heterocycles. The number of para-hydroxylation sites is 2. The number of sulfonamides is 1. The third-order valence-corrected chi connectivity index (χ3v) is 7.71. The number of hydrogen-bond acceptors (Lipinski definition) is 6. The van der Waals surface area contributed by atoms with Crippen molar-refractivity contribution in [3.8, 4) is 0 Å².